The second kappa shape index (κ2) is 6.14. The Morgan fingerprint density at radius 1 is 1.39 bits per heavy atom. The molecule has 2 atom stereocenters. The summed E-state index contributed by atoms with van der Waals surface area (Å²) in [5.41, 5.74) is 2.11. The maximum absolute atomic E-state index is 12.6. The van der Waals surface area contributed by atoms with Crippen molar-refractivity contribution in [2.45, 2.75) is 52.1 Å². The molecular weight excluding hydrogens is 294 g/mol. The van der Waals surface area contributed by atoms with Crippen LogP contribution in [0.3, 0.4) is 0 Å². The number of allylic oxidation sites excluding steroid dienone is 2. The number of esters is 1. The Kier molecular flexibility index (Phi) is 4.20. The number of Topliss-reactive ketones (excluding diaryl/α,β-unsaturated/α-hetero) is 1. The van der Waals surface area contributed by atoms with Gasteiger partial charge in [0.1, 0.15) is 11.7 Å². The normalized spacial score (nSPS) is 24.5. The summed E-state index contributed by atoms with van der Waals surface area (Å²) in [5.74, 6) is -0.715. The number of hydrogen-bond acceptors (Lipinski definition) is 5. The van der Waals surface area contributed by atoms with Crippen LogP contribution in [0.15, 0.2) is 39.1 Å². The van der Waals surface area contributed by atoms with Crippen LogP contribution >= 0.6 is 0 Å². The number of aliphatic imine (C=N–C) groups is 1. The third-order valence-corrected chi connectivity index (χ3v) is 4.29. The number of rotatable bonds is 3. The van der Waals surface area contributed by atoms with E-state index >= 15 is 0 Å². The van der Waals surface area contributed by atoms with Gasteiger partial charge in [0.15, 0.2) is 5.78 Å². The fourth-order valence-electron chi connectivity index (χ4n) is 3.39. The molecule has 23 heavy (non-hydrogen) atoms. The monoisotopic (exact) mass is 315 g/mol. The fourth-order valence-corrected chi connectivity index (χ4v) is 3.39. The SMILES string of the molecule is CC1=NC2=C(C(=O)CCC2)[C@H](c2ccco2)C1C(=O)OC(C)C. The summed E-state index contributed by atoms with van der Waals surface area (Å²) in [4.78, 5) is 29.7. The molecule has 1 aromatic heterocycles. The van der Waals surface area contributed by atoms with Crippen molar-refractivity contribution >= 4 is 17.5 Å². The summed E-state index contributed by atoms with van der Waals surface area (Å²) in [5, 5.41) is 0. The van der Waals surface area contributed by atoms with Gasteiger partial charge in [0.05, 0.1) is 18.3 Å². The van der Waals surface area contributed by atoms with Gasteiger partial charge >= 0.3 is 5.97 Å². The summed E-state index contributed by atoms with van der Waals surface area (Å²) >= 11 is 0. The Morgan fingerprint density at radius 2 is 2.17 bits per heavy atom. The highest BCUT2D eigenvalue weighted by atomic mass is 16.5. The Bertz CT molecular complexity index is 682. The van der Waals surface area contributed by atoms with Gasteiger partial charge in [-0.2, -0.15) is 0 Å². The molecule has 1 aliphatic heterocycles. The number of ketones is 1. The van der Waals surface area contributed by atoms with E-state index in [-0.39, 0.29) is 17.9 Å². The first kappa shape index (κ1) is 15.7. The van der Waals surface area contributed by atoms with Crippen LogP contribution in [0.2, 0.25) is 0 Å². The minimum absolute atomic E-state index is 0.0613. The van der Waals surface area contributed by atoms with Crippen LogP contribution in [0.1, 0.15) is 51.7 Å². The molecule has 0 fully saturated rings. The van der Waals surface area contributed by atoms with E-state index < -0.39 is 11.8 Å². The van der Waals surface area contributed by atoms with Gasteiger partial charge in [-0.05, 0) is 45.7 Å². The lowest BCUT2D eigenvalue weighted by Crippen LogP contribution is -2.37. The second-order valence-electron chi connectivity index (χ2n) is 6.35. The lowest BCUT2D eigenvalue weighted by atomic mass is 9.74. The second-order valence-corrected chi connectivity index (χ2v) is 6.35. The van der Waals surface area contributed by atoms with E-state index in [4.69, 9.17) is 9.15 Å². The number of hydrogen-bond donors (Lipinski definition) is 0. The van der Waals surface area contributed by atoms with E-state index in [0.717, 1.165) is 18.5 Å². The smallest absolute Gasteiger partial charge is 0.316 e. The van der Waals surface area contributed by atoms with E-state index in [2.05, 4.69) is 4.99 Å². The van der Waals surface area contributed by atoms with Crippen molar-refractivity contribution < 1.29 is 18.7 Å². The molecule has 0 saturated carbocycles. The molecule has 2 aliphatic rings. The lowest BCUT2D eigenvalue weighted by Gasteiger charge is -2.33. The Morgan fingerprint density at radius 3 is 2.83 bits per heavy atom. The van der Waals surface area contributed by atoms with E-state index in [1.165, 1.54) is 0 Å². The summed E-state index contributed by atoms with van der Waals surface area (Å²) in [6.45, 7) is 5.45. The first-order chi connectivity index (χ1) is 11.0. The molecule has 1 aliphatic carbocycles. The molecule has 1 aromatic rings. The third kappa shape index (κ3) is 2.87. The van der Waals surface area contributed by atoms with Crippen molar-refractivity contribution in [3.05, 3.63) is 35.4 Å². The number of furan rings is 1. The van der Waals surface area contributed by atoms with Gasteiger partial charge in [0.2, 0.25) is 0 Å². The maximum Gasteiger partial charge on any atom is 0.316 e. The van der Waals surface area contributed by atoms with Gasteiger partial charge in [-0.15, -0.1) is 0 Å². The average Bonchev–Trinajstić information content (AvgIpc) is 2.99. The largest absolute Gasteiger partial charge is 0.469 e. The topological polar surface area (TPSA) is 68.9 Å². The van der Waals surface area contributed by atoms with Gasteiger partial charge < -0.3 is 9.15 Å². The molecule has 1 unspecified atom stereocenters. The predicted molar refractivity (Wildman–Crippen MR) is 85.2 cm³/mol. The molecule has 0 bridgehead atoms. The number of carbonyl (C=O) groups excluding carboxylic acids is 2. The zero-order valence-corrected chi connectivity index (χ0v) is 13.7. The Balaban J connectivity index is 2.09. The standard InChI is InChI=1S/C18H21NO4/c1-10(2)23-18(21)15-11(3)19-12-6-4-7-13(20)16(12)17(15)14-8-5-9-22-14/h5,8-10,15,17H,4,6-7H2,1-3H3/t15?,17-/m1/s1. The van der Waals surface area contributed by atoms with Crippen molar-refractivity contribution in [1.29, 1.82) is 0 Å². The van der Waals surface area contributed by atoms with Crippen LogP contribution in [0.5, 0.6) is 0 Å². The minimum atomic E-state index is -0.607. The van der Waals surface area contributed by atoms with Crippen LogP contribution in [0, 0.1) is 5.92 Å². The molecule has 0 radical (unpaired) electrons. The van der Waals surface area contributed by atoms with Gasteiger partial charge in [-0.25, -0.2) is 0 Å². The number of carbonyl (C=O) groups is 2. The zero-order chi connectivity index (χ0) is 16.6. The summed E-state index contributed by atoms with van der Waals surface area (Å²) in [6, 6.07) is 3.58. The summed E-state index contributed by atoms with van der Waals surface area (Å²) < 4.78 is 11.0. The van der Waals surface area contributed by atoms with E-state index in [0.29, 0.717) is 23.5 Å². The fraction of sp³-hybridized carbons (Fsp3) is 0.500. The van der Waals surface area contributed by atoms with Gasteiger partial charge in [0, 0.05) is 23.4 Å². The van der Waals surface area contributed by atoms with Crippen molar-refractivity contribution in [2.75, 3.05) is 0 Å². The Labute approximate surface area is 135 Å². The molecule has 0 saturated heterocycles. The average molecular weight is 315 g/mol. The molecule has 5 nitrogen and oxygen atoms in total. The van der Waals surface area contributed by atoms with Gasteiger partial charge in [-0.1, -0.05) is 0 Å². The molecule has 0 aromatic carbocycles. The quantitative estimate of drug-likeness (QED) is 0.802. The molecule has 122 valence electrons. The highest BCUT2D eigenvalue weighted by Crippen LogP contribution is 2.43. The van der Waals surface area contributed by atoms with Crippen LogP contribution in [-0.4, -0.2) is 23.6 Å². The van der Waals surface area contributed by atoms with Crippen LogP contribution in [0.25, 0.3) is 0 Å². The molecule has 2 heterocycles. The van der Waals surface area contributed by atoms with E-state index in [9.17, 15) is 9.59 Å². The molecule has 3 rings (SSSR count). The van der Waals surface area contributed by atoms with Crippen molar-refractivity contribution in [1.82, 2.24) is 0 Å². The first-order valence-electron chi connectivity index (χ1n) is 8.04. The molecular formula is C18H21NO4. The van der Waals surface area contributed by atoms with Gasteiger partial charge in [0.25, 0.3) is 0 Å². The van der Waals surface area contributed by atoms with Crippen LogP contribution < -0.4 is 0 Å². The Hall–Kier alpha value is -2.17. The highest BCUT2D eigenvalue weighted by molar-refractivity contribution is 6.08. The van der Waals surface area contributed by atoms with Crippen LogP contribution in [0.4, 0.5) is 0 Å². The predicted octanol–water partition coefficient (Wildman–Crippen LogP) is 3.41. The van der Waals surface area contributed by atoms with E-state index in [1.807, 2.05) is 26.8 Å². The lowest BCUT2D eigenvalue weighted by molar-refractivity contribution is -0.150. The van der Waals surface area contributed by atoms with Crippen molar-refractivity contribution in [3.8, 4) is 0 Å². The molecule has 0 amide bonds. The van der Waals surface area contributed by atoms with Crippen LogP contribution in [-0.2, 0) is 14.3 Å². The highest BCUT2D eigenvalue weighted by Gasteiger charge is 2.44. The third-order valence-electron chi connectivity index (χ3n) is 4.29. The maximum atomic E-state index is 12.6. The molecule has 5 heteroatoms. The summed E-state index contributed by atoms with van der Waals surface area (Å²) in [6.07, 6.45) is 3.41. The number of nitrogens with zero attached hydrogens (tertiary/aromatic N) is 1. The van der Waals surface area contributed by atoms with Gasteiger partial charge in [-0.3, -0.25) is 14.6 Å². The zero-order valence-electron chi connectivity index (χ0n) is 13.7. The summed E-state index contributed by atoms with van der Waals surface area (Å²) in [7, 11) is 0. The first-order valence-corrected chi connectivity index (χ1v) is 8.04. The van der Waals surface area contributed by atoms with Crippen molar-refractivity contribution in [2.24, 2.45) is 10.9 Å². The number of ether oxygens (including phenoxy) is 1. The van der Waals surface area contributed by atoms with Crippen molar-refractivity contribution in [3.63, 3.8) is 0 Å². The molecule has 0 spiro atoms. The molecule has 0 N–H and O–H groups in total. The minimum Gasteiger partial charge on any atom is -0.469 e. The van der Waals surface area contributed by atoms with E-state index in [1.54, 1.807) is 12.3 Å².